The molecule has 0 saturated carbocycles. The molecule has 0 spiro atoms. The summed E-state index contributed by atoms with van der Waals surface area (Å²) in [6, 6.07) is 23.7. The van der Waals surface area contributed by atoms with Crippen LogP contribution in [0.3, 0.4) is 0 Å². The Bertz CT molecular complexity index is 894. The molecule has 0 aliphatic rings. The first-order chi connectivity index (χ1) is 12.7. The van der Waals surface area contributed by atoms with Crippen LogP contribution in [0.15, 0.2) is 84.0 Å². The van der Waals surface area contributed by atoms with Crippen LogP contribution in [0.2, 0.25) is 0 Å². The fourth-order valence-electron chi connectivity index (χ4n) is 2.26. The summed E-state index contributed by atoms with van der Waals surface area (Å²) in [4.78, 5) is 10.3. The first-order valence-corrected chi connectivity index (χ1v) is 8.01. The normalized spacial score (nSPS) is 10.6. The second kappa shape index (κ2) is 8.43. The van der Waals surface area contributed by atoms with Gasteiger partial charge in [-0.3, -0.25) is 15.5 Å². The van der Waals surface area contributed by atoms with Crippen LogP contribution in [0.1, 0.15) is 11.1 Å². The van der Waals surface area contributed by atoms with Crippen molar-refractivity contribution in [3.63, 3.8) is 0 Å². The highest BCUT2D eigenvalue weighted by Crippen LogP contribution is 2.17. The van der Waals surface area contributed by atoms with E-state index < -0.39 is 4.92 Å². The van der Waals surface area contributed by atoms with E-state index in [0.717, 1.165) is 16.9 Å². The Balaban J connectivity index is 1.54. The molecule has 6 nitrogen and oxygen atoms in total. The molecule has 0 aliphatic carbocycles. The molecule has 0 aliphatic heterocycles. The number of hydrazone groups is 1. The van der Waals surface area contributed by atoms with E-state index >= 15 is 0 Å². The highest BCUT2D eigenvalue weighted by molar-refractivity contribution is 5.80. The second-order valence-corrected chi connectivity index (χ2v) is 5.52. The summed E-state index contributed by atoms with van der Waals surface area (Å²) in [5.41, 5.74) is 5.35. The van der Waals surface area contributed by atoms with Gasteiger partial charge in [0.25, 0.3) is 5.69 Å². The number of non-ortho nitro benzene ring substituents is 1. The molecule has 6 heteroatoms. The van der Waals surface area contributed by atoms with Crippen molar-refractivity contribution in [2.24, 2.45) is 5.10 Å². The summed E-state index contributed by atoms with van der Waals surface area (Å²) < 4.78 is 5.73. The van der Waals surface area contributed by atoms with Gasteiger partial charge in [-0.25, -0.2) is 0 Å². The van der Waals surface area contributed by atoms with Gasteiger partial charge in [-0.15, -0.1) is 0 Å². The SMILES string of the molecule is O=[N+]([O-])c1cccc(N/N=C/c2ccc(OCc3ccccc3)cc2)c1. The third-order valence-corrected chi connectivity index (χ3v) is 3.59. The lowest BCUT2D eigenvalue weighted by Crippen LogP contribution is -1.95. The number of anilines is 1. The van der Waals surface area contributed by atoms with E-state index in [0.29, 0.717) is 12.3 Å². The summed E-state index contributed by atoms with van der Waals surface area (Å²) >= 11 is 0. The van der Waals surface area contributed by atoms with E-state index in [1.807, 2.05) is 54.6 Å². The quantitative estimate of drug-likeness (QED) is 0.384. The average Bonchev–Trinajstić information content (AvgIpc) is 2.68. The van der Waals surface area contributed by atoms with Crippen LogP contribution < -0.4 is 10.2 Å². The number of nitrogens with zero attached hydrogens (tertiary/aromatic N) is 2. The minimum Gasteiger partial charge on any atom is -0.489 e. The van der Waals surface area contributed by atoms with Gasteiger partial charge in [-0.1, -0.05) is 36.4 Å². The first kappa shape index (κ1) is 17.2. The first-order valence-electron chi connectivity index (χ1n) is 8.01. The van der Waals surface area contributed by atoms with E-state index in [4.69, 9.17) is 4.74 Å². The van der Waals surface area contributed by atoms with E-state index in [-0.39, 0.29) is 5.69 Å². The van der Waals surface area contributed by atoms with Crippen LogP contribution in [0.4, 0.5) is 11.4 Å². The van der Waals surface area contributed by atoms with Gasteiger partial charge in [0.15, 0.2) is 0 Å². The molecule has 0 fully saturated rings. The Morgan fingerprint density at radius 1 is 1.00 bits per heavy atom. The van der Waals surface area contributed by atoms with Crippen molar-refractivity contribution in [1.82, 2.24) is 0 Å². The lowest BCUT2D eigenvalue weighted by atomic mass is 10.2. The van der Waals surface area contributed by atoms with E-state index in [9.17, 15) is 10.1 Å². The Morgan fingerprint density at radius 2 is 1.77 bits per heavy atom. The standard InChI is InChI=1S/C20H17N3O3/c24-23(25)19-8-4-7-18(13-19)22-21-14-16-9-11-20(12-10-16)26-15-17-5-2-1-3-6-17/h1-14,22H,15H2/b21-14+. The second-order valence-electron chi connectivity index (χ2n) is 5.52. The molecule has 0 heterocycles. The molecule has 26 heavy (non-hydrogen) atoms. The number of benzene rings is 3. The van der Waals surface area contributed by atoms with E-state index in [2.05, 4.69) is 10.5 Å². The lowest BCUT2D eigenvalue weighted by Gasteiger charge is -2.06. The topological polar surface area (TPSA) is 76.8 Å². The van der Waals surface area contributed by atoms with Gasteiger partial charge in [0.2, 0.25) is 0 Å². The number of rotatable bonds is 7. The van der Waals surface area contributed by atoms with Crippen LogP contribution in [-0.2, 0) is 6.61 Å². The molecule has 3 aromatic carbocycles. The van der Waals surface area contributed by atoms with Gasteiger partial charge in [-0.2, -0.15) is 5.10 Å². The van der Waals surface area contributed by atoms with Crippen molar-refractivity contribution in [3.8, 4) is 5.75 Å². The van der Waals surface area contributed by atoms with E-state index in [1.165, 1.54) is 12.1 Å². The van der Waals surface area contributed by atoms with Crippen molar-refractivity contribution in [2.45, 2.75) is 6.61 Å². The third kappa shape index (κ3) is 4.91. The van der Waals surface area contributed by atoms with Crippen molar-refractivity contribution in [1.29, 1.82) is 0 Å². The summed E-state index contributed by atoms with van der Waals surface area (Å²) in [5.74, 6) is 0.776. The molecule has 3 rings (SSSR count). The van der Waals surface area contributed by atoms with Gasteiger partial charge in [0.1, 0.15) is 12.4 Å². The van der Waals surface area contributed by atoms with Crippen molar-refractivity contribution in [2.75, 3.05) is 5.43 Å². The fraction of sp³-hybridized carbons (Fsp3) is 0.0500. The Kier molecular flexibility index (Phi) is 5.57. The number of hydrogen-bond donors (Lipinski definition) is 1. The highest BCUT2D eigenvalue weighted by Gasteiger charge is 2.04. The number of nitro benzene ring substituents is 1. The largest absolute Gasteiger partial charge is 0.489 e. The van der Waals surface area contributed by atoms with Gasteiger partial charge < -0.3 is 4.74 Å². The van der Waals surface area contributed by atoms with Gasteiger partial charge >= 0.3 is 0 Å². The molecular weight excluding hydrogens is 330 g/mol. The Labute approximate surface area is 150 Å². The third-order valence-electron chi connectivity index (χ3n) is 3.59. The molecule has 0 atom stereocenters. The zero-order valence-electron chi connectivity index (χ0n) is 13.9. The fourth-order valence-corrected chi connectivity index (χ4v) is 2.26. The number of nitro groups is 1. The molecular formula is C20H17N3O3. The molecule has 0 amide bonds. The number of nitrogens with one attached hydrogen (secondary N) is 1. The van der Waals surface area contributed by atoms with Crippen LogP contribution in [-0.4, -0.2) is 11.1 Å². The van der Waals surface area contributed by atoms with Crippen LogP contribution >= 0.6 is 0 Å². The van der Waals surface area contributed by atoms with Crippen LogP contribution in [0.25, 0.3) is 0 Å². The summed E-state index contributed by atoms with van der Waals surface area (Å²) in [6.07, 6.45) is 1.64. The highest BCUT2D eigenvalue weighted by atomic mass is 16.6. The summed E-state index contributed by atoms with van der Waals surface area (Å²) in [6.45, 7) is 0.516. The smallest absolute Gasteiger partial charge is 0.271 e. The van der Waals surface area contributed by atoms with E-state index in [1.54, 1.807) is 18.3 Å². The summed E-state index contributed by atoms with van der Waals surface area (Å²) in [7, 11) is 0. The predicted molar refractivity (Wildman–Crippen MR) is 102 cm³/mol. The van der Waals surface area contributed by atoms with Gasteiger partial charge in [0, 0.05) is 12.1 Å². The summed E-state index contributed by atoms with van der Waals surface area (Å²) in [5, 5.41) is 14.8. The van der Waals surface area contributed by atoms with Crippen LogP contribution in [0, 0.1) is 10.1 Å². The molecule has 0 bridgehead atoms. The molecule has 0 saturated heterocycles. The average molecular weight is 347 g/mol. The van der Waals surface area contributed by atoms with Crippen molar-refractivity contribution in [3.05, 3.63) is 100 Å². The number of ether oxygens (including phenoxy) is 1. The minimum absolute atomic E-state index is 0.0186. The molecule has 3 aromatic rings. The minimum atomic E-state index is -0.441. The molecule has 0 aromatic heterocycles. The Morgan fingerprint density at radius 3 is 2.50 bits per heavy atom. The molecule has 0 unspecified atom stereocenters. The van der Waals surface area contributed by atoms with Crippen molar-refractivity contribution >= 4 is 17.6 Å². The molecule has 0 radical (unpaired) electrons. The lowest BCUT2D eigenvalue weighted by molar-refractivity contribution is -0.384. The van der Waals surface area contributed by atoms with Crippen molar-refractivity contribution < 1.29 is 9.66 Å². The van der Waals surface area contributed by atoms with Gasteiger partial charge in [-0.05, 0) is 41.5 Å². The zero-order valence-corrected chi connectivity index (χ0v) is 13.9. The predicted octanol–water partition coefficient (Wildman–Crippen LogP) is 4.62. The Hall–Kier alpha value is -3.67. The molecule has 1 N–H and O–H groups in total. The zero-order chi connectivity index (χ0) is 18.2. The maximum absolute atomic E-state index is 10.8. The van der Waals surface area contributed by atoms with Crippen LogP contribution in [0.5, 0.6) is 5.75 Å². The number of hydrogen-bond acceptors (Lipinski definition) is 5. The maximum atomic E-state index is 10.8. The maximum Gasteiger partial charge on any atom is 0.271 e. The van der Waals surface area contributed by atoms with Gasteiger partial charge in [0.05, 0.1) is 16.8 Å². The molecule has 130 valence electrons. The monoisotopic (exact) mass is 347 g/mol.